The van der Waals surface area contributed by atoms with Crippen molar-refractivity contribution in [1.82, 2.24) is 24.8 Å². The van der Waals surface area contributed by atoms with Gasteiger partial charge in [-0.25, -0.2) is 0 Å². The van der Waals surface area contributed by atoms with Crippen LogP contribution in [0.1, 0.15) is 5.69 Å². The number of benzene rings is 1. The standard InChI is InChI=1S/C21H20N6O2S/c1-13-18(20-24-23-19(27(20)25-13)15-6-4-5-9-22-15)21-26(2)16-12-14(29-11-10-28-3)7-8-17(16)30-21/h4-9,12H,10-11H2,1-3H3/b21-18+. The van der Waals surface area contributed by atoms with Crippen LogP contribution in [0.3, 0.4) is 0 Å². The number of ether oxygens (including phenoxy) is 2. The van der Waals surface area contributed by atoms with Crippen molar-refractivity contribution in [3.63, 3.8) is 0 Å². The summed E-state index contributed by atoms with van der Waals surface area (Å²) in [5, 5.41) is 15.5. The average Bonchev–Trinajstić information content (AvgIpc) is 3.40. The maximum absolute atomic E-state index is 5.78. The number of methoxy groups -OCH3 is 1. The molecular weight excluding hydrogens is 400 g/mol. The van der Waals surface area contributed by atoms with Gasteiger partial charge in [-0.3, -0.25) is 4.98 Å². The smallest absolute Gasteiger partial charge is 0.203 e. The minimum Gasteiger partial charge on any atom is -0.491 e. The predicted molar refractivity (Wildman–Crippen MR) is 115 cm³/mol. The van der Waals surface area contributed by atoms with Gasteiger partial charge in [-0.2, -0.15) is 9.61 Å². The molecule has 5 rings (SSSR count). The Morgan fingerprint density at radius 2 is 2.00 bits per heavy atom. The number of thioether (sulfide) groups is 1. The summed E-state index contributed by atoms with van der Waals surface area (Å²) in [6, 6.07) is 11.8. The van der Waals surface area contributed by atoms with Gasteiger partial charge in [-0.05, 0) is 31.2 Å². The zero-order valence-electron chi connectivity index (χ0n) is 16.9. The Kier molecular flexibility index (Phi) is 4.76. The van der Waals surface area contributed by atoms with Crippen molar-refractivity contribution >= 4 is 28.1 Å². The van der Waals surface area contributed by atoms with Gasteiger partial charge in [0.05, 0.1) is 28.2 Å². The van der Waals surface area contributed by atoms with Crippen LogP contribution in [0.2, 0.25) is 0 Å². The van der Waals surface area contributed by atoms with E-state index < -0.39 is 0 Å². The topological polar surface area (TPSA) is 77.7 Å². The highest BCUT2D eigenvalue weighted by Gasteiger charge is 2.26. The van der Waals surface area contributed by atoms with Crippen molar-refractivity contribution < 1.29 is 9.47 Å². The summed E-state index contributed by atoms with van der Waals surface area (Å²) < 4.78 is 12.6. The number of rotatable bonds is 5. The lowest BCUT2D eigenvalue weighted by Gasteiger charge is -2.14. The third kappa shape index (κ3) is 3.06. The Hall–Kier alpha value is -3.17. The monoisotopic (exact) mass is 420 g/mol. The van der Waals surface area contributed by atoms with Crippen molar-refractivity contribution in [3.8, 4) is 17.3 Å². The van der Waals surface area contributed by atoms with E-state index in [1.807, 2.05) is 38.2 Å². The van der Waals surface area contributed by atoms with E-state index in [1.165, 1.54) is 0 Å². The fourth-order valence-corrected chi connectivity index (χ4v) is 4.70. The molecule has 0 saturated carbocycles. The number of anilines is 1. The lowest BCUT2D eigenvalue weighted by molar-refractivity contribution is 0.146. The van der Waals surface area contributed by atoms with Gasteiger partial charge in [-0.15, -0.1) is 10.2 Å². The Morgan fingerprint density at radius 1 is 1.10 bits per heavy atom. The second kappa shape index (κ2) is 7.58. The highest BCUT2D eigenvalue weighted by atomic mass is 32.2. The van der Waals surface area contributed by atoms with Gasteiger partial charge < -0.3 is 14.4 Å². The molecule has 0 saturated heterocycles. The lowest BCUT2D eigenvalue weighted by atomic mass is 10.2. The molecule has 0 aliphatic carbocycles. The highest BCUT2D eigenvalue weighted by Crippen LogP contribution is 2.47. The summed E-state index contributed by atoms with van der Waals surface area (Å²) in [7, 11) is 3.71. The van der Waals surface area contributed by atoms with Gasteiger partial charge >= 0.3 is 0 Å². The number of nitrogens with zero attached hydrogens (tertiary/aromatic N) is 6. The molecule has 0 fully saturated rings. The van der Waals surface area contributed by atoms with Gasteiger partial charge in [0.1, 0.15) is 18.1 Å². The molecule has 1 aliphatic heterocycles. The van der Waals surface area contributed by atoms with Crippen molar-refractivity contribution in [2.75, 3.05) is 32.3 Å². The Morgan fingerprint density at radius 3 is 2.80 bits per heavy atom. The Bertz CT molecular complexity index is 1270. The summed E-state index contributed by atoms with van der Waals surface area (Å²) in [6.07, 6.45) is 1.74. The SMILES string of the molecule is COCCOc1ccc2c(c1)N(C)/C(=c1/c(C)nn3c(-c4ccccn4)nnc13)S2. The number of hydrogen-bond donors (Lipinski definition) is 0. The summed E-state index contributed by atoms with van der Waals surface area (Å²) >= 11 is 1.70. The van der Waals surface area contributed by atoms with Gasteiger partial charge in [0.25, 0.3) is 0 Å². The van der Waals surface area contributed by atoms with Crippen LogP contribution in [0.25, 0.3) is 22.2 Å². The molecule has 4 aromatic rings. The molecule has 0 N–H and O–H groups in total. The van der Waals surface area contributed by atoms with E-state index in [0.717, 1.165) is 43.6 Å². The van der Waals surface area contributed by atoms with Crippen LogP contribution < -0.4 is 14.9 Å². The molecule has 0 unspecified atom stereocenters. The molecule has 8 nitrogen and oxygen atoms in total. The molecule has 9 heteroatoms. The third-order valence-electron chi connectivity index (χ3n) is 4.94. The number of fused-ring (bicyclic) bond motifs is 2. The van der Waals surface area contributed by atoms with Gasteiger partial charge in [0.15, 0.2) is 5.65 Å². The number of hydrogen-bond acceptors (Lipinski definition) is 8. The third-order valence-corrected chi connectivity index (χ3v) is 6.18. The van der Waals surface area contributed by atoms with Gasteiger partial charge in [0, 0.05) is 31.3 Å². The van der Waals surface area contributed by atoms with Crippen molar-refractivity contribution in [2.24, 2.45) is 0 Å². The van der Waals surface area contributed by atoms with Crippen LogP contribution in [-0.2, 0) is 4.74 Å². The molecule has 0 atom stereocenters. The molecule has 1 aromatic carbocycles. The number of pyridine rings is 1. The summed E-state index contributed by atoms with van der Waals surface area (Å²) in [5.41, 5.74) is 3.46. The molecule has 3 aromatic heterocycles. The van der Waals surface area contributed by atoms with Crippen LogP contribution in [0.4, 0.5) is 5.69 Å². The molecular formula is C21H20N6O2S. The molecule has 4 heterocycles. The number of aromatic nitrogens is 5. The van der Waals surface area contributed by atoms with Crippen LogP contribution in [0.5, 0.6) is 5.75 Å². The van der Waals surface area contributed by atoms with Crippen molar-refractivity contribution in [2.45, 2.75) is 11.8 Å². The minimum atomic E-state index is 0.519. The average molecular weight is 420 g/mol. The lowest BCUT2D eigenvalue weighted by Crippen LogP contribution is -2.19. The van der Waals surface area contributed by atoms with Crippen LogP contribution >= 0.6 is 11.8 Å². The second-order valence-corrected chi connectivity index (χ2v) is 7.90. The first-order chi connectivity index (χ1) is 14.7. The van der Waals surface area contributed by atoms with Gasteiger partial charge in [-0.1, -0.05) is 17.8 Å². The first-order valence-electron chi connectivity index (χ1n) is 9.52. The first-order valence-corrected chi connectivity index (χ1v) is 10.3. The Labute approximate surface area is 177 Å². The van der Waals surface area contributed by atoms with E-state index in [-0.39, 0.29) is 0 Å². The maximum atomic E-state index is 5.78. The second-order valence-electron chi connectivity index (χ2n) is 6.87. The van der Waals surface area contributed by atoms with Crippen LogP contribution in [-0.4, -0.2) is 52.2 Å². The van der Waals surface area contributed by atoms with Crippen LogP contribution in [0.15, 0.2) is 47.5 Å². The molecule has 0 radical (unpaired) electrons. The van der Waals surface area contributed by atoms with E-state index in [2.05, 4.69) is 32.2 Å². The minimum absolute atomic E-state index is 0.519. The molecule has 0 spiro atoms. The molecule has 30 heavy (non-hydrogen) atoms. The predicted octanol–water partition coefficient (Wildman–Crippen LogP) is 2.55. The molecule has 152 valence electrons. The summed E-state index contributed by atoms with van der Waals surface area (Å²) in [5.74, 6) is 1.46. The highest BCUT2D eigenvalue weighted by molar-refractivity contribution is 8.08. The van der Waals surface area contributed by atoms with E-state index in [4.69, 9.17) is 14.6 Å². The molecule has 0 amide bonds. The van der Waals surface area contributed by atoms with E-state index >= 15 is 0 Å². The fourth-order valence-electron chi connectivity index (χ4n) is 3.48. The summed E-state index contributed by atoms with van der Waals surface area (Å²) in [4.78, 5) is 7.70. The van der Waals surface area contributed by atoms with Crippen molar-refractivity contribution in [1.29, 1.82) is 0 Å². The summed E-state index contributed by atoms with van der Waals surface area (Å²) in [6.45, 7) is 3.07. The van der Waals surface area contributed by atoms with Crippen molar-refractivity contribution in [3.05, 3.63) is 53.5 Å². The maximum Gasteiger partial charge on any atom is 0.203 e. The number of aryl methyl sites for hydroxylation is 1. The molecule has 1 aliphatic rings. The Balaban J connectivity index is 1.58. The quantitative estimate of drug-likeness (QED) is 0.456. The van der Waals surface area contributed by atoms with E-state index in [9.17, 15) is 0 Å². The van der Waals surface area contributed by atoms with E-state index in [1.54, 1.807) is 29.6 Å². The normalized spacial score (nSPS) is 15.1. The first kappa shape index (κ1) is 18.8. The molecule has 0 bridgehead atoms. The fraction of sp³-hybridized carbons (Fsp3) is 0.238. The van der Waals surface area contributed by atoms with Crippen LogP contribution in [0, 0.1) is 6.92 Å². The zero-order valence-corrected chi connectivity index (χ0v) is 17.7. The largest absolute Gasteiger partial charge is 0.491 e. The zero-order chi connectivity index (χ0) is 20.7. The van der Waals surface area contributed by atoms with Gasteiger partial charge in [0.2, 0.25) is 5.82 Å². The van der Waals surface area contributed by atoms with E-state index in [0.29, 0.717) is 19.0 Å².